The molecule has 0 aliphatic heterocycles. The number of aromatic nitrogens is 1. The van der Waals surface area contributed by atoms with E-state index in [0.29, 0.717) is 5.82 Å². The smallest absolute Gasteiger partial charge is 0.176 e. The molecule has 0 radical (unpaired) electrons. The molecule has 1 aromatic heterocycles. The number of nitrogens with two attached hydrogens (primary N) is 1. The number of hydrogen-bond donors (Lipinski definition) is 2. The fraction of sp³-hybridized carbons (Fsp3) is 0.0833. The van der Waals surface area contributed by atoms with Crippen LogP contribution in [0.3, 0.4) is 0 Å². The summed E-state index contributed by atoms with van der Waals surface area (Å²) in [7, 11) is 0. The van der Waals surface area contributed by atoms with Crippen LogP contribution in [0.1, 0.15) is 5.56 Å². The zero-order valence-electron chi connectivity index (χ0n) is 9.33. The minimum Gasteiger partial charge on any atom is -0.504 e. The van der Waals surface area contributed by atoms with Crippen LogP contribution in [0.15, 0.2) is 46.6 Å². The van der Waals surface area contributed by atoms with Crippen LogP contribution < -0.4 is 5.73 Å². The lowest BCUT2D eigenvalue weighted by molar-refractivity contribution is 0.476. The van der Waals surface area contributed by atoms with Crippen LogP contribution in [0.5, 0.6) is 5.75 Å². The van der Waals surface area contributed by atoms with Gasteiger partial charge in [0, 0.05) is 0 Å². The Morgan fingerprint density at radius 2 is 1.76 bits per heavy atom. The summed E-state index contributed by atoms with van der Waals surface area (Å²) in [6.07, 6.45) is 0. The number of nitrogens with zero attached hydrogens (tertiary/aromatic N) is 3. The summed E-state index contributed by atoms with van der Waals surface area (Å²) in [4.78, 5) is 3.87. The van der Waals surface area contributed by atoms with Gasteiger partial charge in [-0.2, -0.15) is 0 Å². The van der Waals surface area contributed by atoms with Crippen molar-refractivity contribution < 1.29 is 5.11 Å². The third-order valence-corrected chi connectivity index (χ3v) is 2.19. The first-order chi connectivity index (χ1) is 8.15. The Morgan fingerprint density at radius 1 is 1.06 bits per heavy atom. The second-order valence-corrected chi connectivity index (χ2v) is 3.61. The van der Waals surface area contributed by atoms with E-state index in [4.69, 9.17) is 5.73 Å². The van der Waals surface area contributed by atoms with E-state index in [0.717, 1.165) is 11.3 Å². The number of pyridine rings is 1. The number of aromatic hydroxyl groups is 1. The molecule has 0 bridgehead atoms. The van der Waals surface area contributed by atoms with Gasteiger partial charge in [-0.15, -0.1) is 10.2 Å². The molecule has 2 rings (SSSR count). The van der Waals surface area contributed by atoms with Crippen molar-refractivity contribution in [3.05, 3.63) is 42.0 Å². The highest BCUT2D eigenvalue weighted by Crippen LogP contribution is 2.22. The number of benzene rings is 1. The topological polar surface area (TPSA) is 83.9 Å². The maximum absolute atomic E-state index is 9.20. The van der Waals surface area contributed by atoms with Gasteiger partial charge in [0.2, 0.25) is 0 Å². The van der Waals surface area contributed by atoms with Crippen molar-refractivity contribution in [3.63, 3.8) is 0 Å². The van der Waals surface area contributed by atoms with Crippen molar-refractivity contribution in [3.8, 4) is 5.75 Å². The molecule has 1 heterocycles. The lowest BCUT2D eigenvalue weighted by Gasteiger charge is -1.97. The molecule has 3 N–H and O–H groups in total. The second-order valence-electron chi connectivity index (χ2n) is 3.61. The lowest BCUT2D eigenvalue weighted by atomic mass is 10.2. The van der Waals surface area contributed by atoms with Gasteiger partial charge in [0.1, 0.15) is 0 Å². The van der Waals surface area contributed by atoms with Crippen molar-refractivity contribution in [2.24, 2.45) is 10.2 Å². The zero-order chi connectivity index (χ0) is 12.3. The molecule has 17 heavy (non-hydrogen) atoms. The Morgan fingerprint density at radius 3 is 2.41 bits per heavy atom. The number of rotatable bonds is 2. The Balaban J connectivity index is 2.20. The Hall–Kier alpha value is -2.43. The highest BCUT2D eigenvalue weighted by molar-refractivity contribution is 5.49. The average molecular weight is 228 g/mol. The van der Waals surface area contributed by atoms with Gasteiger partial charge in [-0.25, -0.2) is 4.98 Å². The molecule has 86 valence electrons. The van der Waals surface area contributed by atoms with Crippen LogP contribution >= 0.6 is 0 Å². The van der Waals surface area contributed by atoms with Gasteiger partial charge in [0.25, 0.3) is 0 Å². The molecule has 0 saturated carbocycles. The summed E-state index contributed by atoms with van der Waals surface area (Å²) in [6.45, 7) is 2.00. The Bertz CT molecular complexity index is 549. The molecule has 0 atom stereocenters. The highest BCUT2D eigenvalue weighted by Gasteiger charge is 1.99. The molecule has 5 heteroatoms. The summed E-state index contributed by atoms with van der Waals surface area (Å²) in [5.74, 6) is 0.352. The number of hydrogen-bond acceptors (Lipinski definition) is 5. The van der Waals surface area contributed by atoms with Crippen LogP contribution in [0.2, 0.25) is 0 Å². The standard InChI is InChI=1S/C12H12N4O/c1-8-2-4-9(5-3-8)15-16-11-7-6-10(17)12(13)14-11/h2-7,17H,1H3,(H2,13,14). The van der Waals surface area contributed by atoms with Crippen molar-refractivity contribution >= 4 is 17.3 Å². The number of nitrogen functional groups attached to an aromatic ring is 1. The van der Waals surface area contributed by atoms with Gasteiger partial charge in [0.05, 0.1) is 5.69 Å². The normalized spacial score (nSPS) is 10.9. The van der Waals surface area contributed by atoms with E-state index in [1.54, 1.807) is 6.07 Å². The third-order valence-electron chi connectivity index (χ3n) is 2.19. The molecule has 0 aliphatic carbocycles. The summed E-state index contributed by atoms with van der Waals surface area (Å²) in [5.41, 5.74) is 7.35. The zero-order valence-corrected chi connectivity index (χ0v) is 9.33. The molecule has 5 nitrogen and oxygen atoms in total. The molecule has 0 aliphatic rings. The molecule has 0 fully saturated rings. The first-order valence-electron chi connectivity index (χ1n) is 5.09. The van der Waals surface area contributed by atoms with Gasteiger partial charge >= 0.3 is 0 Å². The van der Waals surface area contributed by atoms with Crippen molar-refractivity contribution in [1.29, 1.82) is 0 Å². The van der Waals surface area contributed by atoms with E-state index in [1.165, 1.54) is 6.07 Å². The van der Waals surface area contributed by atoms with Gasteiger partial charge in [-0.05, 0) is 31.2 Å². The molecule has 0 amide bonds. The first kappa shape index (κ1) is 11.1. The third kappa shape index (κ3) is 2.78. The van der Waals surface area contributed by atoms with Crippen molar-refractivity contribution in [2.45, 2.75) is 6.92 Å². The molecule has 0 saturated heterocycles. The number of anilines is 1. The molecular formula is C12H12N4O. The summed E-state index contributed by atoms with van der Waals surface area (Å²) >= 11 is 0. The van der Waals surface area contributed by atoms with Crippen LogP contribution in [-0.4, -0.2) is 10.1 Å². The number of aryl methyl sites for hydroxylation is 1. The summed E-state index contributed by atoms with van der Waals surface area (Å²) in [5, 5.41) is 17.1. The largest absolute Gasteiger partial charge is 0.504 e. The van der Waals surface area contributed by atoms with Crippen molar-refractivity contribution in [1.82, 2.24) is 4.98 Å². The highest BCUT2D eigenvalue weighted by atomic mass is 16.3. The molecule has 2 aromatic rings. The fourth-order valence-electron chi connectivity index (χ4n) is 1.23. The minimum atomic E-state index is -0.0562. The van der Waals surface area contributed by atoms with E-state index in [9.17, 15) is 5.11 Å². The van der Waals surface area contributed by atoms with Crippen LogP contribution in [0.4, 0.5) is 17.3 Å². The second kappa shape index (κ2) is 4.61. The van der Waals surface area contributed by atoms with E-state index in [1.807, 2.05) is 31.2 Å². The van der Waals surface area contributed by atoms with E-state index in [-0.39, 0.29) is 11.6 Å². The predicted molar refractivity (Wildman–Crippen MR) is 65.7 cm³/mol. The van der Waals surface area contributed by atoms with E-state index < -0.39 is 0 Å². The van der Waals surface area contributed by atoms with E-state index in [2.05, 4.69) is 15.2 Å². The lowest BCUT2D eigenvalue weighted by Crippen LogP contribution is -1.89. The maximum Gasteiger partial charge on any atom is 0.176 e. The van der Waals surface area contributed by atoms with Crippen LogP contribution in [-0.2, 0) is 0 Å². The van der Waals surface area contributed by atoms with E-state index >= 15 is 0 Å². The minimum absolute atomic E-state index is 0.0466. The molecule has 0 spiro atoms. The number of azo groups is 1. The van der Waals surface area contributed by atoms with Crippen LogP contribution in [0, 0.1) is 6.92 Å². The SMILES string of the molecule is Cc1ccc(N=Nc2ccc(O)c(N)n2)cc1. The Kier molecular flexibility index (Phi) is 3.00. The molecule has 1 aromatic carbocycles. The Labute approximate surface area is 98.7 Å². The fourth-order valence-corrected chi connectivity index (χ4v) is 1.23. The van der Waals surface area contributed by atoms with Gasteiger partial charge in [-0.3, -0.25) is 0 Å². The maximum atomic E-state index is 9.20. The summed E-state index contributed by atoms with van der Waals surface area (Å²) < 4.78 is 0. The average Bonchev–Trinajstić information content (AvgIpc) is 2.33. The van der Waals surface area contributed by atoms with Crippen molar-refractivity contribution in [2.75, 3.05) is 5.73 Å². The summed E-state index contributed by atoms with van der Waals surface area (Å²) in [6, 6.07) is 10.6. The monoisotopic (exact) mass is 228 g/mol. The van der Waals surface area contributed by atoms with Gasteiger partial charge in [0.15, 0.2) is 17.4 Å². The molecular weight excluding hydrogens is 216 g/mol. The van der Waals surface area contributed by atoms with Gasteiger partial charge in [-0.1, -0.05) is 17.7 Å². The first-order valence-corrected chi connectivity index (χ1v) is 5.09. The molecule has 0 unspecified atom stereocenters. The predicted octanol–water partition coefficient (Wildman–Crippen LogP) is 3.09. The quantitative estimate of drug-likeness (QED) is 0.774. The van der Waals surface area contributed by atoms with Crippen LogP contribution in [0.25, 0.3) is 0 Å². The van der Waals surface area contributed by atoms with Gasteiger partial charge < -0.3 is 10.8 Å².